The Morgan fingerprint density at radius 2 is 2.25 bits per heavy atom. The Kier molecular flexibility index (Phi) is 2.11. The minimum absolute atomic E-state index is 0.155. The van der Waals surface area contributed by atoms with Gasteiger partial charge in [-0.15, -0.1) is 0 Å². The molecule has 1 atom stereocenters. The fraction of sp³-hybridized carbons (Fsp3) is 1.00. The monoisotopic (exact) mass is 171 g/mol. The molecule has 1 heterocycles. The summed E-state index contributed by atoms with van der Waals surface area (Å²) in [5.41, 5.74) is 0.677. The number of halogens is 1. The van der Waals surface area contributed by atoms with E-state index in [1.54, 1.807) is 0 Å². The van der Waals surface area contributed by atoms with Crippen molar-refractivity contribution in [2.75, 3.05) is 26.3 Å². The maximum Gasteiger partial charge on any atom is 0.0906 e. The molecule has 0 aromatic rings. The molecule has 0 aromatic carbocycles. The number of rotatable bonds is 3. The van der Waals surface area contributed by atoms with Crippen LogP contribution in [0, 0.1) is 11.3 Å². The van der Waals surface area contributed by atoms with Crippen LogP contribution in [0.4, 0.5) is 4.39 Å². The van der Waals surface area contributed by atoms with Gasteiger partial charge in [0.15, 0.2) is 0 Å². The molecule has 0 amide bonds. The van der Waals surface area contributed by atoms with Gasteiger partial charge in [0.2, 0.25) is 0 Å². The molecule has 2 heteroatoms. The molecule has 1 aliphatic carbocycles. The second kappa shape index (κ2) is 2.99. The van der Waals surface area contributed by atoms with Crippen LogP contribution in [0.1, 0.15) is 26.2 Å². The van der Waals surface area contributed by atoms with Crippen molar-refractivity contribution in [2.24, 2.45) is 11.3 Å². The van der Waals surface area contributed by atoms with Crippen molar-refractivity contribution < 1.29 is 4.39 Å². The first-order chi connectivity index (χ1) is 5.77. The van der Waals surface area contributed by atoms with Crippen molar-refractivity contribution in [1.82, 2.24) is 4.90 Å². The van der Waals surface area contributed by atoms with Gasteiger partial charge in [-0.25, -0.2) is 0 Å². The Labute approximate surface area is 73.9 Å². The third-order valence-corrected chi connectivity index (χ3v) is 3.62. The van der Waals surface area contributed by atoms with E-state index in [2.05, 4.69) is 11.8 Å². The van der Waals surface area contributed by atoms with Crippen LogP contribution < -0.4 is 0 Å². The van der Waals surface area contributed by atoms with Gasteiger partial charge in [-0.1, -0.05) is 6.92 Å². The van der Waals surface area contributed by atoms with Crippen molar-refractivity contribution in [3.05, 3.63) is 0 Å². The van der Waals surface area contributed by atoms with Gasteiger partial charge in [0.1, 0.15) is 0 Å². The summed E-state index contributed by atoms with van der Waals surface area (Å²) >= 11 is 0. The highest BCUT2D eigenvalue weighted by molar-refractivity contribution is 5.04. The predicted molar refractivity (Wildman–Crippen MR) is 47.9 cm³/mol. The lowest BCUT2D eigenvalue weighted by atomic mass is 9.95. The number of likely N-dealkylation sites (tertiary alicyclic amines) is 1. The molecule has 0 aromatic heterocycles. The van der Waals surface area contributed by atoms with Crippen molar-refractivity contribution in [3.63, 3.8) is 0 Å². The molecule has 0 bridgehead atoms. The summed E-state index contributed by atoms with van der Waals surface area (Å²) in [6.45, 7) is 5.62. The van der Waals surface area contributed by atoms with Crippen molar-refractivity contribution >= 4 is 0 Å². The number of hydrogen-bond acceptors (Lipinski definition) is 1. The Morgan fingerprint density at radius 1 is 1.50 bits per heavy atom. The smallest absolute Gasteiger partial charge is 0.0906 e. The third-order valence-electron chi connectivity index (χ3n) is 3.62. The zero-order valence-electron chi connectivity index (χ0n) is 7.85. The molecule has 1 saturated heterocycles. The van der Waals surface area contributed by atoms with Crippen LogP contribution in [0.25, 0.3) is 0 Å². The average molecular weight is 171 g/mol. The summed E-state index contributed by atoms with van der Waals surface area (Å²) in [5.74, 6) is 0.858. The van der Waals surface area contributed by atoms with E-state index in [0.717, 1.165) is 18.9 Å². The quantitative estimate of drug-likeness (QED) is 0.628. The van der Waals surface area contributed by atoms with E-state index >= 15 is 0 Å². The van der Waals surface area contributed by atoms with E-state index < -0.39 is 0 Å². The van der Waals surface area contributed by atoms with Gasteiger partial charge in [0.25, 0.3) is 0 Å². The number of hydrogen-bond donors (Lipinski definition) is 0. The largest absolute Gasteiger partial charge is 0.302 e. The van der Waals surface area contributed by atoms with E-state index in [1.165, 1.54) is 25.9 Å². The summed E-state index contributed by atoms with van der Waals surface area (Å²) in [7, 11) is 0. The van der Waals surface area contributed by atoms with E-state index in [9.17, 15) is 4.39 Å². The highest BCUT2D eigenvalue weighted by atomic mass is 19.1. The normalized spacial score (nSPS) is 33.0. The highest BCUT2D eigenvalue weighted by Crippen LogP contribution is 2.55. The lowest BCUT2D eigenvalue weighted by molar-refractivity contribution is 0.297. The molecule has 2 rings (SSSR count). The maximum atomic E-state index is 11.9. The zero-order valence-corrected chi connectivity index (χ0v) is 7.85. The van der Waals surface area contributed by atoms with Crippen LogP contribution >= 0.6 is 0 Å². The molecule has 1 spiro atoms. The SMILES string of the molecule is C[C@@H]1CN(CCCF)CC12CC2. The second-order valence-corrected chi connectivity index (χ2v) is 4.54. The molecule has 0 radical (unpaired) electrons. The molecule has 1 aliphatic heterocycles. The van der Waals surface area contributed by atoms with Crippen molar-refractivity contribution in [1.29, 1.82) is 0 Å². The van der Waals surface area contributed by atoms with E-state index in [4.69, 9.17) is 0 Å². The molecule has 0 N–H and O–H groups in total. The minimum Gasteiger partial charge on any atom is -0.302 e. The van der Waals surface area contributed by atoms with Crippen LogP contribution in [0.5, 0.6) is 0 Å². The Bertz CT molecular complexity index is 165. The molecule has 0 unspecified atom stereocenters. The first-order valence-corrected chi connectivity index (χ1v) is 5.05. The van der Waals surface area contributed by atoms with Crippen molar-refractivity contribution in [3.8, 4) is 0 Å². The van der Waals surface area contributed by atoms with Gasteiger partial charge >= 0.3 is 0 Å². The highest BCUT2D eigenvalue weighted by Gasteiger charge is 2.52. The Balaban J connectivity index is 1.81. The standard InChI is InChI=1S/C10H18FN/c1-9-7-12(6-2-5-11)8-10(9)3-4-10/h9H,2-8H2,1H3/t9-/m1/s1. The Hall–Kier alpha value is -0.110. The maximum absolute atomic E-state index is 11.9. The van der Waals surface area contributed by atoms with Crippen molar-refractivity contribution in [2.45, 2.75) is 26.2 Å². The minimum atomic E-state index is -0.155. The van der Waals surface area contributed by atoms with E-state index in [0.29, 0.717) is 5.41 Å². The molecule has 1 saturated carbocycles. The fourth-order valence-corrected chi connectivity index (χ4v) is 2.51. The average Bonchev–Trinajstić information content (AvgIpc) is 2.74. The van der Waals surface area contributed by atoms with Crippen LogP contribution in [0.2, 0.25) is 0 Å². The van der Waals surface area contributed by atoms with Gasteiger partial charge in [-0.3, -0.25) is 4.39 Å². The summed E-state index contributed by atoms with van der Waals surface area (Å²) in [4.78, 5) is 2.44. The first-order valence-electron chi connectivity index (χ1n) is 5.05. The second-order valence-electron chi connectivity index (χ2n) is 4.54. The van der Waals surface area contributed by atoms with Crippen LogP contribution in [0.15, 0.2) is 0 Å². The summed E-state index contributed by atoms with van der Waals surface area (Å²) in [6, 6.07) is 0. The number of alkyl halides is 1. The van der Waals surface area contributed by atoms with E-state index in [1.807, 2.05) is 0 Å². The third kappa shape index (κ3) is 1.37. The molecule has 12 heavy (non-hydrogen) atoms. The number of nitrogens with zero attached hydrogens (tertiary/aromatic N) is 1. The first kappa shape index (κ1) is 8.49. The molecule has 2 fully saturated rings. The lowest BCUT2D eigenvalue weighted by Crippen LogP contribution is -2.22. The summed E-state index contributed by atoms with van der Waals surface area (Å²) in [5, 5.41) is 0. The topological polar surface area (TPSA) is 3.24 Å². The van der Waals surface area contributed by atoms with Crippen LogP contribution in [-0.4, -0.2) is 31.2 Å². The molecule has 2 aliphatic rings. The van der Waals surface area contributed by atoms with Crippen LogP contribution in [0.3, 0.4) is 0 Å². The Morgan fingerprint density at radius 3 is 2.75 bits per heavy atom. The summed E-state index contributed by atoms with van der Waals surface area (Å²) < 4.78 is 11.9. The van der Waals surface area contributed by atoms with Gasteiger partial charge in [0.05, 0.1) is 6.67 Å². The molecule has 70 valence electrons. The lowest BCUT2D eigenvalue weighted by Gasteiger charge is -2.13. The molecular weight excluding hydrogens is 153 g/mol. The zero-order chi connectivity index (χ0) is 8.60. The summed E-state index contributed by atoms with van der Waals surface area (Å²) in [6.07, 6.45) is 3.56. The van der Waals surface area contributed by atoms with Gasteiger partial charge < -0.3 is 4.90 Å². The van der Waals surface area contributed by atoms with Gasteiger partial charge in [-0.2, -0.15) is 0 Å². The molecule has 1 nitrogen and oxygen atoms in total. The predicted octanol–water partition coefficient (Wildman–Crippen LogP) is 2.08. The molecular formula is C10H18FN. The fourth-order valence-electron chi connectivity index (χ4n) is 2.51. The van der Waals surface area contributed by atoms with Crippen LogP contribution in [-0.2, 0) is 0 Å². The van der Waals surface area contributed by atoms with Gasteiger partial charge in [-0.05, 0) is 30.6 Å². The van der Waals surface area contributed by atoms with E-state index in [-0.39, 0.29) is 6.67 Å². The van der Waals surface area contributed by atoms with Gasteiger partial charge in [0, 0.05) is 19.6 Å².